The summed E-state index contributed by atoms with van der Waals surface area (Å²) in [5, 5.41) is 9.72. The minimum absolute atomic E-state index is 0.225. The Balaban J connectivity index is 1.99. The van der Waals surface area contributed by atoms with E-state index >= 15 is 0 Å². The highest BCUT2D eigenvalue weighted by molar-refractivity contribution is 5.25. The van der Waals surface area contributed by atoms with Gasteiger partial charge in [0.1, 0.15) is 0 Å². The number of alkyl halides is 2. The van der Waals surface area contributed by atoms with E-state index in [4.69, 9.17) is 0 Å². The van der Waals surface area contributed by atoms with Crippen LogP contribution in [-0.4, -0.2) is 16.6 Å². The van der Waals surface area contributed by atoms with Crippen LogP contribution in [0.2, 0.25) is 0 Å². The molecule has 0 saturated heterocycles. The van der Waals surface area contributed by atoms with Crippen molar-refractivity contribution in [3.63, 3.8) is 0 Å². The molecule has 0 spiro atoms. The van der Waals surface area contributed by atoms with E-state index in [2.05, 4.69) is 0 Å². The maximum atomic E-state index is 12.7. The second-order valence-corrected chi connectivity index (χ2v) is 4.96. The number of benzene rings is 1. The van der Waals surface area contributed by atoms with Gasteiger partial charge in [0, 0.05) is 12.8 Å². The fourth-order valence-electron chi connectivity index (χ4n) is 1.83. The predicted octanol–water partition coefficient (Wildman–Crippen LogP) is 2.95. The van der Waals surface area contributed by atoms with Gasteiger partial charge in [0.05, 0.1) is 5.60 Å². The lowest BCUT2D eigenvalue weighted by Crippen LogP contribution is -2.14. The fourth-order valence-corrected chi connectivity index (χ4v) is 1.83. The lowest BCUT2D eigenvalue weighted by molar-refractivity contribution is 0.0226. The molecular weight excluding hydrogens is 210 g/mol. The highest BCUT2D eigenvalue weighted by atomic mass is 19.3. The summed E-state index contributed by atoms with van der Waals surface area (Å²) in [5.74, 6) is -2.66. The molecule has 0 unspecified atom stereocenters. The van der Waals surface area contributed by atoms with Crippen LogP contribution >= 0.6 is 0 Å². The van der Waals surface area contributed by atoms with Crippen molar-refractivity contribution in [3.05, 3.63) is 35.4 Å². The van der Waals surface area contributed by atoms with Crippen molar-refractivity contribution >= 4 is 0 Å². The molecule has 0 amide bonds. The lowest BCUT2D eigenvalue weighted by Gasteiger charge is -2.11. The molecule has 1 saturated carbocycles. The molecule has 88 valence electrons. The molecule has 3 heteroatoms. The van der Waals surface area contributed by atoms with Gasteiger partial charge >= 0.3 is 0 Å². The molecule has 16 heavy (non-hydrogen) atoms. The smallest absolute Gasteiger partial charge is 0.249 e. The average molecular weight is 226 g/mol. The van der Waals surface area contributed by atoms with Crippen molar-refractivity contribution < 1.29 is 13.9 Å². The van der Waals surface area contributed by atoms with E-state index in [-0.39, 0.29) is 6.42 Å². The summed E-state index contributed by atoms with van der Waals surface area (Å²) < 4.78 is 25.5. The summed E-state index contributed by atoms with van der Waals surface area (Å²) >= 11 is 0. The molecule has 1 aromatic rings. The Morgan fingerprint density at radius 2 is 1.69 bits per heavy atom. The molecule has 1 N–H and O–H groups in total. The van der Waals surface area contributed by atoms with Crippen molar-refractivity contribution in [2.75, 3.05) is 0 Å². The summed E-state index contributed by atoms with van der Waals surface area (Å²) in [6.07, 6.45) is 2.11. The Morgan fingerprint density at radius 3 is 2.12 bits per heavy atom. The van der Waals surface area contributed by atoms with Gasteiger partial charge in [-0.2, -0.15) is 0 Å². The van der Waals surface area contributed by atoms with Gasteiger partial charge in [0.2, 0.25) is 5.92 Å². The van der Waals surface area contributed by atoms with Gasteiger partial charge in [-0.15, -0.1) is 0 Å². The van der Waals surface area contributed by atoms with Crippen LogP contribution in [0, 0.1) is 0 Å². The topological polar surface area (TPSA) is 20.2 Å². The van der Waals surface area contributed by atoms with Crippen LogP contribution in [0.3, 0.4) is 0 Å². The number of hydrogen-bond donors (Lipinski definition) is 1. The van der Waals surface area contributed by atoms with Crippen molar-refractivity contribution in [1.82, 2.24) is 0 Å². The zero-order valence-electron chi connectivity index (χ0n) is 9.34. The quantitative estimate of drug-likeness (QED) is 0.836. The standard InChI is InChI=1S/C13H16F2O/c1-12(14,15)8-10-2-4-11(5-3-10)9-13(16)6-7-13/h2-5,16H,6-9H2,1H3. The van der Waals surface area contributed by atoms with Crippen LogP contribution < -0.4 is 0 Å². The van der Waals surface area contributed by atoms with Crippen molar-refractivity contribution in [2.24, 2.45) is 0 Å². The van der Waals surface area contributed by atoms with Gasteiger partial charge in [0.25, 0.3) is 0 Å². The monoisotopic (exact) mass is 226 g/mol. The summed E-state index contributed by atoms with van der Waals surface area (Å²) in [5.41, 5.74) is 1.14. The Hall–Kier alpha value is -0.960. The SMILES string of the molecule is CC(F)(F)Cc1ccc(CC2(O)CC2)cc1. The number of halogens is 2. The van der Waals surface area contributed by atoms with Crippen LogP contribution in [-0.2, 0) is 12.8 Å². The molecule has 1 fully saturated rings. The van der Waals surface area contributed by atoms with Gasteiger partial charge in [-0.25, -0.2) is 8.78 Å². The first-order valence-corrected chi connectivity index (χ1v) is 5.54. The van der Waals surface area contributed by atoms with E-state index in [0.717, 1.165) is 25.3 Å². The molecule has 0 atom stereocenters. The van der Waals surface area contributed by atoms with E-state index in [1.165, 1.54) is 0 Å². The Kier molecular flexibility index (Phi) is 2.74. The van der Waals surface area contributed by atoms with Crippen molar-refractivity contribution in [1.29, 1.82) is 0 Å². The number of hydrogen-bond acceptors (Lipinski definition) is 1. The third-order valence-electron chi connectivity index (χ3n) is 2.90. The largest absolute Gasteiger partial charge is 0.390 e. The van der Waals surface area contributed by atoms with Gasteiger partial charge in [-0.1, -0.05) is 24.3 Å². The van der Waals surface area contributed by atoms with E-state index < -0.39 is 11.5 Å². The molecule has 1 aliphatic rings. The fraction of sp³-hybridized carbons (Fsp3) is 0.538. The van der Waals surface area contributed by atoms with Gasteiger partial charge in [-0.3, -0.25) is 0 Å². The van der Waals surface area contributed by atoms with Crippen LogP contribution in [0.15, 0.2) is 24.3 Å². The van der Waals surface area contributed by atoms with E-state index in [0.29, 0.717) is 12.0 Å². The molecule has 1 aromatic carbocycles. The van der Waals surface area contributed by atoms with Crippen LogP contribution in [0.1, 0.15) is 30.9 Å². The first-order chi connectivity index (χ1) is 7.36. The molecule has 0 heterocycles. The first-order valence-electron chi connectivity index (χ1n) is 5.54. The molecule has 0 aromatic heterocycles. The van der Waals surface area contributed by atoms with Crippen molar-refractivity contribution in [2.45, 2.75) is 44.1 Å². The number of aliphatic hydroxyl groups is 1. The maximum absolute atomic E-state index is 12.7. The summed E-state index contributed by atoms with van der Waals surface area (Å²) in [6, 6.07) is 7.10. The molecule has 0 radical (unpaired) electrons. The van der Waals surface area contributed by atoms with Crippen LogP contribution in [0.4, 0.5) is 8.78 Å². The minimum Gasteiger partial charge on any atom is -0.390 e. The molecule has 1 nitrogen and oxygen atoms in total. The van der Waals surface area contributed by atoms with Crippen molar-refractivity contribution in [3.8, 4) is 0 Å². The van der Waals surface area contributed by atoms with Gasteiger partial charge < -0.3 is 5.11 Å². The molecular formula is C13H16F2O. The van der Waals surface area contributed by atoms with E-state index in [9.17, 15) is 13.9 Å². The Morgan fingerprint density at radius 1 is 1.19 bits per heavy atom. The normalized spacial score (nSPS) is 18.5. The molecule has 2 rings (SSSR count). The van der Waals surface area contributed by atoms with Gasteiger partial charge in [0.15, 0.2) is 0 Å². The third kappa shape index (κ3) is 3.27. The molecule has 1 aliphatic carbocycles. The van der Waals surface area contributed by atoms with Crippen LogP contribution in [0.5, 0.6) is 0 Å². The summed E-state index contributed by atoms with van der Waals surface area (Å²) in [7, 11) is 0. The maximum Gasteiger partial charge on any atom is 0.249 e. The first kappa shape index (κ1) is 11.5. The van der Waals surface area contributed by atoms with Crippen LogP contribution in [0.25, 0.3) is 0 Å². The lowest BCUT2D eigenvalue weighted by atomic mass is 10.0. The molecule has 0 bridgehead atoms. The zero-order valence-corrected chi connectivity index (χ0v) is 9.34. The van der Waals surface area contributed by atoms with Gasteiger partial charge in [-0.05, 0) is 30.9 Å². The Bertz CT molecular complexity index is 334. The summed E-state index contributed by atoms with van der Waals surface area (Å²) in [6.45, 7) is 0.924. The van der Waals surface area contributed by atoms with E-state index in [1.54, 1.807) is 12.1 Å². The highest BCUT2D eigenvalue weighted by Gasteiger charge is 2.39. The molecule has 0 aliphatic heterocycles. The second kappa shape index (κ2) is 3.81. The van der Waals surface area contributed by atoms with E-state index in [1.807, 2.05) is 12.1 Å². The number of rotatable bonds is 4. The average Bonchev–Trinajstić information content (AvgIpc) is 2.85. The Labute approximate surface area is 94.1 Å². The minimum atomic E-state index is -2.66. The highest BCUT2D eigenvalue weighted by Crippen LogP contribution is 2.38. The predicted molar refractivity (Wildman–Crippen MR) is 58.7 cm³/mol. The summed E-state index contributed by atoms with van der Waals surface area (Å²) in [4.78, 5) is 0. The third-order valence-corrected chi connectivity index (χ3v) is 2.90. The second-order valence-electron chi connectivity index (χ2n) is 4.96. The zero-order chi connectivity index (χ0) is 11.8.